The number of thiophene rings is 1. The predicted octanol–water partition coefficient (Wildman–Crippen LogP) is 1.42. The second-order valence-electron chi connectivity index (χ2n) is 5.54. The highest BCUT2D eigenvalue weighted by atomic mass is 32.2. The molecule has 2 N–H and O–H groups in total. The van der Waals surface area contributed by atoms with E-state index in [9.17, 15) is 4.79 Å². The van der Waals surface area contributed by atoms with Gasteiger partial charge in [-0.3, -0.25) is 4.79 Å². The third kappa shape index (κ3) is 3.59. The van der Waals surface area contributed by atoms with Crippen LogP contribution in [0.25, 0.3) is 10.2 Å². The van der Waals surface area contributed by atoms with Gasteiger partial charge in [0.25, 0.3) is 0 Å². The Morgan fingerprint density at radius 2 is 2.17 bits per heavy atom. The van der Waals surface area contributed by atoms with Crippen LogP contribution in [-0.4, -0.2) is 65.0 Å². The number of hydrogen-bond donors (Lipinski definition) is 1. The minimum absolute atomic E-state index is 0.0714. The first-order chi connectivity index (χ1) is 11.2. The normalized spacial score (nSPS) is 16.8. The van der Waals surface area contributed by atoms with Crippen LogP contribution in [0.5, 0.6) is 0 Å². The average molecular weight is 352 g/mol. The Hall–Kier alpha value is -1.38. The number of anilines is 1. The SMILES string of the molecule is CSCC[C@H](N)C(=O)N1CCN(c2ncnc3sccc23)CC1. The summed E-state index contributed by atoms with van der Waals surface area (Å²) in [5.41, 5.74) is 6.00. The van der Waals surface area contributed by atoms with E-state index >= 15 is 0 Å². The van der Waals surface area contributed by atoms with Gasteiger partial charge in [0.15, 0.2) is 0 Å². The van der Waals surface area contributed by atoms with Gasteiger partial charge in [-0.1, -0.05) is 0 Å². The fraction of sp³-hybridized carbons (Fsp3) is 0.533. The summed E-state index contributed by atoms with van der Waals surface area (Å²) >= 11 is 3.34. The predicted molar refractivity (Wildman–Crippen MR) is 97.2 cm³/mol. The summed E-state index contributed by atoms with van der Waals surface area (Å²) < 4.78 is 0. The summed E-state index contributed by atoms with van der Waals surface area (Å²) in [5, 5.41) is 3.13. The molecule has 1 aliphatic rings. The van der Waals surface area contributed by atoms with Crippen molar-refractivity contribution >= 4 is 45.0 Å². The molecule has 1 aliphatic heterocycles. The third-order valence-electron chi connectivity index (χ3n) is 4.08. The fourth-order valence-electron chi connectivity index (χ4n) is 2.77. The molecule has 6 nitrogen and oxygen atoms in total. The first-order valence-corrected chi connectivity index (χ1v) is 9.94. The van der Waals surface area contributed by atoms with E-state index in [1.54, 1.807) is 29.4 Å². The zero-order valence-corrected chi connectivity index (χ0v) is 14.8. The number of fused-ring (bicyclic) bond motifs is 1. The molecule has 2 aromatic heterocycles. The smallest absolute Gasteiger partial charge is 0.239 e. The van der Waals surface area contributed by atoms with Gasteiger partial charge in [-0.05, 0) is 29.9 Å². The number of thioether (sulfide) groups is 1. The molecule has 8 heteroatoms. The fourth-order valence-corrected chi connectivity index (χ4v) is 3.99. The molecule has 124 valence electrons. The number of piperazine rings is 1. The second kappa shape index (κ2) is 7.46. The second-order valence-corrected chi connectivity index (χ2v) is 7.42. The molecule has 0 bridgehead atoms. The van der Waals surface area contributed by atoms with Crippen LogP contribution in [-0.2, 0) is 4.79 Å². The summed E-state index contributed by atoms with van der Waals surface area (Å²) in [7, 11) is 0. The number of aromatic nitrogens is 2. The Morgan fingerprint density at radius 3 is 2.91 bits per heavy atom. The van der Waals surface area contributed by atoms with Gasteiger partial charge < -0.3 is 15.5 Å². The number of nitrogens with zero attached hydrogens (tertiary/aromatic N) is 4. The zero-order valence-electron chi connectivity index (χ0n) is 13.1. The van der Waals surface area contributed by atoms with Crippen LogP contribution in [0.1, 0.15) is 6.42 Å². The molecule has 0 aliphatic carbocycles. The summed E-state index contributed by atoms with van der Waals surface area (Å²) in [5.74, 6) is 1.96. The monoisotopic (exact) mass is 351 g/mol. The van der Waals surface area contributed by atoms with E-state index in [0.717, 1.165) is 41.3 Å². The van der Waals surface area contributed by atoms with Gasteiger partial charge >= 0.3 is 0 Å². The van der Waals surface area contributed by atoms with Crippen LogP contribution in [0.3, 0.4) is 0 Å². The van der Waals surface area contributed by atoms with Gasteiger partial charge in [0, 0.05) is 26.2 Å². The Kier molecular flexibility index (Phi) is 5.34. The number of hydrogen-bond acceptors (Lipinski definition) is 7. The molecule has 1 amide bonds. The lowest BCUT2D eigenvalue weighted by molar-refractivity contribution is -0.132. The lowest BCUT2D eigenvalue weighted by Gasteiger charge is -2.36. The highest BCUT2D eigenvalue weighted by Gasteiger charge is 2.26. The van der Waals surface area contributed by atoms with Crippen molar-refractivity contribution in [1.29, 1.82) is 0 Å². The average Bonchev–Trinajstić information content (AvgIpc) is 3.08. The molecule has 3 rings (SSSR count). The van der Waals surface area contributed by atoms with E-state index in [-0.39, 0.29) is 11.9 Å². The Labute approximate surface area is 144 Å². The van der Waals surface area contributed by atoms with Crippen molar-refractivity contribution in [3.8, 4) is 0 Å². The van der Waals surface area contributed by atoms with E-state index in [1.807, 2.05) is 16.5 Å². The molecule has 3 heterocycles. The van der Waals surface area contributed by atoms with Crippen LogP contribution in [0.15, 0.2) is 17.8 Å². The topological polar surface area (TPSA) is 75.4 Å². The first kappa shape index (κ1) is 16.5. The van der Waals surface area contributed by atoms with Crippen LogP contribution >= 0.6 is 23.1 Å². The maximum absolute atomic E-state index is 12.4. The summed E-state index contributed by atoms with van der Waals surface area (Å²) in [4.78, 5) is 26.2. The molecule has 0 unspecified atom stereocenters. The van der Waals surface area contributed by atoms with E-state index < -0.39 is 0 Å². The minimum Gasteiger partial charge on any atom is -0.352 e. The van der Waals surface area contributed by atoms with Gasteiger partial charge in [0.1, 0.15) is 17.0 Å². The molecule has 23 heavy (non-hydrogen) atoms. The number of amides is 1. The first-order valence-electron chi connectivity index (χ1n) is 7.67. The summed E-state index contributed by atoms with van der Waals surface area (Å²) in [6, 6.07) is 1.68. The number of carbonyl (C=O) groups is 1. The van der Waals surface area contributed by atoms with Crippen molar-refractivity contribution in [2.24, 2.45) is 5.73 Å². The summed E-state index contributed by atoms with van der Waals surface area (Å²) in [6.45, 7) is 2.95. The number of nitrogens with two attached hydrogens (primary N) is 1. The molecule has 2 aromatic rings. The molecule has 0 saturated carbocycles. The highest BCUT2D eigenvalue weighted by Crippen LogP contribution is 2.27. The zero-order chi connectivity index (χ0) is 16.2. The Morgan fingerprint density at radius 1 is 1.39 bits per heavy atom. The molecule has 1 fully saturated rings. The number of rotatable bonds is 5. The van der Waals surface area contributed by atoms with Gasteiger partial charge in [0.2, 0.25) is 5.91 Å². The third-order valence-corrected chi connectivity index (χ3v) is 5.55. The minimum atomic E-state index is -0.378. The van der Waals surface area contributed by atoms with Gasteiger partial charge in [-0.25, -0.2) is 9.97 Å². The van der Waals surface area contributed by atoms with Crippen molar-refractivity contribution in [3.63, 3.8) is 0 Å². The maximum atomic E-state index is 12.4. The quantitative estimate of drug-likeness (QED) is 0.878. The maximum Gasteiger partial charge on any atom is 0.239 e. The van der Waals surface area contributed by atoms with Crippen LogP contribution < -0.4 is 10.6 Å². The van der Waals surface area contributed by atoms with Crippen LogP contribution in [0.2, 0.25) is 0 Å². The lowest BCUT2D eigenvalue weighted by atomic mass is 10.2. The van der Waals surface area contributed by atoms with Crippen molar-refractivity contribution in [2.75, 3.05) is 43.1 Å². The summed E-state index contributed by atoms with van der Waals surface area (Å²) in [6.07, 6.45) is 4.38. The molecular weight excluding hydrogens is 330 g/mol. The molecule has 1 atom stereocenters. The van der Waals surface area contributed by atoms with E-state index in [1.165, 1.54) is 0 Å². The largest absolute Gasteiger partial charge is 0.352 e. The van der Waals surface area contributed by atoms with Crippen molar-refractivity contribution in [1.82, 2.24) is 14.9 Å². The van der Waals surface area contributed by atoms with Crippen molar-refractivity contribution in [3.05, 3.63) is 17.8 Å². The number of carbonyl (C=O) groups excluding carboxylic acids is 1. The van der Waals surface area contributed by atoms with Crippen molar-refractivity contribution in [2.45, 2.75) is 12.5 Å². The van der Waals surface area contributed by atoms with Crippen molar-refractivity contribution < 1.29 is 4.79 Å². The Bertz CT molecular complexity index is 669. The van der Waals surface area contributed by atoms with Gasteiger partial charge in [-0.15, -0.1) is 11.3 Å². The van der Waals surface area contributed by atoms with Crippen LogP contribution in [0.4, 0.5) is 5.82 Å². The molecule has 0 spiro atoms. The van der Waals surface area contributed by atoms with Gasteiger partial charge in [0.05, 0.1) is 11.4 Å². The van der Waals surface area contributed by atoms with E-state index in [4.69, 9.17) is 5.73 Å². The molecule has 0 aromatic carbocycles. The van der Waals surface area contributed by atoms with E-state index in [0.29, 0.717) is 13.1 Å². The molecule has 0 radical (unpaired) electrons. The molecular formula is C15H21N5OS2. The highest BCUT2D eigenvalue weighted by molar-refractivity contribution is 7.98. The lowest BCUT2D eigenvalue weighted by Crippen LogP contribution is -2.53. The van der Waals surface area contributed by atoms with Crippen LogP contribution in [0, 0.1) is 0 Å². The standard InChI is InChI=1S/C15H21N5OS2/c1-22-8-3-12(16)15(21)20-6-4-19(5-7-20)13-11-2-9-23-14(11)18-10-17-13/h2,9-10,12H,3-8,16H2,1H3/t12-/m0/s1. The van der Waals surface area contributed by atoms with Gasteiger partial charge in [-0.2, -0.15) is 11.8 Å². The Balaban J connectivity index is 1.62. The van der Waals surface area contributed by atoms with E-state index in [2.05, 4.69) is 20.9 Å². The molecule has 1 saturated heterocycles.